The van der Waals surface area contributed by atoms with Gasteiger partial charge in [0.05, 0.1) is 4.90 Å². The van der Waals surface area contributed by atoms with Gasteiger partial charge in [0.1, 0.15) is 5.52 Å². The Hall–Kier alpha value is -3.04. The number of hydrogen-bond donors (Lipinski definition) is 3. The van der Waals surface area contributed by atoms with Crippen molar-refractivity contribution in [2.45, 2.75) is 4.90 Å². The van der Waals surface area contributed by atoms with Gasteiger partial charge in [0, 0.05) is 10.6 Å². The van der Waals surface area contributed by atoms with Crippen LogP contribution in [0.1, 0.15) is 5.56 Å². The van der Waals surface area contributed by atoms with Crippen molar-refractivity contribution in [1.82, 2.24) is 9.71 Å². The second-order valence-electron chi connectivity index (χ2n) is 5.41. The van der Waals surface area contributed by atoms with E-state index in [4.69, 9.17) is 16.0 Å². The molecule has 10 heteroatoms. The Labute approximate surface area is 152 Å². The monoisotopic (exact) mass is 391 g/mol. The molecule has 0 radical (unpaired) electrons. The molecule has 0 saturated heterocycles. The summed E-state index contributed by atoms with van der Waals surface area (Å²) in [6, 6.07) is 10.4. The molecule has 1 aliphatic heterocycles. The van der Waals surface area contributed by atoms with Crippen LogP contribution in [0.3, 0.4) is 0 Å². The average molecular weight is 392 g/mol. The third-order valence-corrected chi connectivity index (χ3v) is 5.35. The lowest BCUT2D eigenvalue weighted by Gasteiger charge is -2.20. The number of fused-ring (bicyclic) bond motifs is 2. The minimum Gasteiger partial charge on any atom is -0.505 e. The molecule has 26 heavy (non-hydrogen) atoms. The van der Waals surface area contributed by atoms with Crippen LogP contribution in [0, 0.1) is 0 Å². The number of rotatable bonds is 2. The maximum absolute atomic E-state index is 12.4. The maximum Gasteiger partial charge on any atom is 0.302 e. The van der Waals surface area contributed by atoms with Crippen molar-refractivity contribution in [3.05, 3.63) is 58.7 Å². The highest BCUT2D eigenvalue weighted by Crippen LogP contribution is 2.29. The second kappa shape index (κ2) is 5.75. The first kappa shape index (κ1) is 16.4. The van der Waals surface area contributed by atoms with E-state index in [1.807, 2.05) is 0 Å². The Morgan fingerprint density at radius 2 is 2.00 bits per heavy atom. The molecule has 0 aliphatic carbocycles. The number of aliphatic hydroxyl groups is 1. The number of amides is 1. The van der Waals surface area contributed by atoms with E-state index in [0.717, 1.165) is 0 Å². The number of benzene rings is 2. The lowest BCUT2D eigenvalue weighted by Crippen LogP contribution is -2.35. The number of oxazole rings is 1. The first-order valence-electron chi connectivity index (χ1n) is 7.28. The van der Waals surface area contributed by atoms with E-state index >= 15 is 0 Å². The van der Waals surface area contributed by atoms with E-state index in [1.165, 1.54) is 18.2 Å². The number of anilines is 1. The van der Waals surface area contributed by atoms with Crippen molar-refractivity contribution < 1.29 is 22.7 Å². The Bertz CT molecular complexity index is 1200. The van der Waals surface area contributed by atoms with Crippen molar-refractivity contribution in [1.29, 1.82) is 0 Å². The summed E-state index contributed by atoms with van der Waals surface area (Å²) in [4.78, 5) is 16.4. The van der Waals surface area contributed by atoms with Gasteiger partial charge >= 0.3 is 6.01 Å². The fourth-order valence-electron chi connectivity index (χ4n) is 2.54. The van der Waals surface area contributed by atoms with E-state index in [1.54, 1.807) is 24.3 Å². The van der Waals surface area contributed by atoms with Gasteiger partial charge in [-0.15, -0.1) is 0 Å². The summed E-state index contributed by atoms with van der Waals surface area (Å²) in [6.07, 6.45) is 0. The van der Waals surface area contributed by atoms with E-state index < -0.39 is 27.4 Å². The van der Waals surface area contributed by atoms with Gasteiger partial charge in [-0.05, 0) is 30.3 Å². The SMILES string of the molecule is O=C(Nc1nc2cc(Cl)ccc2o1)C1=C(O)c2ccccc2S(=O)(=O)N1. The molecule has 1 amide bonds. The van der Waals surface area contributed by atoms with Gasteiger partial charge in [0.15, 0.2) is 17.0 Å². The van der Waals surface area contributed by atoms with Crippen molar-refractivity contribution >= 4 is 50.4 Å². The molecule has 0 spiro atoms. The largest absolute Gasteiger partial charge is 0.505 e. The van der Waals surface area contributed by atoms with Crippen LogP contribution in [0.5, 0.6) is 0 Å². The number of sulfonamides is 1. The molecule has 2 heterocycles. The normalized spacial score (nSPS) is 15.4. The molecule has 0 bridgehead atoms. The van der Waals surface area contributed by atoms with Crippen molar-refractivity contribution in [2.24, 2.45) is 0 Å². The Balaban J connectivity index is 1.71. The molecule has 0 atom stereocenters. The summed E-state index contributed by atoms with van der Waals surface area (Å²) < 4.78 is 32.0. The first-order chi connectivity index (χ1) is 12.3. The van der Waals surface area contributed by atoms with Crippen molar-refractivity contribution in [2.75, 3.05) is 5.32 Å². The van der Waals surface area contributed by atoms with Crippen LogP contribution in [0.15, 0.2) is 57.5 Å². The molecule has 0 fully saturated rings. The minimum absolute atomic E-state index is 0.0285. The Morgan fingerprint density at radius 1 is 1.23 bits per heavy atom. The van der Waals surface area contributed by atoms with Crippen LogP contribution >= 0.6 is 11.6 Å². The molecule has 0 unspecified atom stereocenters. The summed E-state index contributed by atoms with van der Waals surface area (Å²) >= 11 is 5.87. The molecule has 1 aliphatic rings. The van der Waals surface area contributed by atoms with Crippen LogP contribution in [0.2, 0.25) is 5.02 Å². The number of hydrogen-bond acceptors (Lipinski definition) is 6. The number of aromatic nitrogens is 1. The van der Waals surface area contributed by atoms with Crippen LogP contribution < -0.4 is 10.0 Å². The fourth-order valence-corrected chi connectivity index (χ4v) is 3.98. The van der Waals surface area contributed by atoms with Crippen LogP contribution in [-0.2, 0) is 14.8 Å². The highest BCUT2D eigenvalue weighted by molar-refractivity contribution is 7.89. The lowest BCUT2D eigenvalue weighted by atomic mass is 10.1. The van der Waals surface area contributed by atoms with Crippen molar-refractivity contribution in [3.63, 3.8) is 0 Å². The molecular weight excluding hydrogens is 382 g/mol. The van der Waals surface area contributed by atoms with E-state index in [9.17, 15) is 18.3 Å². The maximum atomic E-state index is 12.4. The smallest absolute Gasteiger partial charge is 0.302 e. The summed E-state index contributed by atoms with van der Waals surface area (Å²) in [5.74, 6) is -1.41. The minimum atomic E-state index is -3.99. The predicted molar refractivity (Wildman–Crippen MR) is 94.0 cm³/mol. The molecule has 0 saturated carbocycles. The fraction of sp³-hybridized carbons (Fsp3) is 0. The summed E-state index contributed by atoms with van der Waals surface area (Å²) in [7, 11) is -3.99. The summed E-state index contributed by atoms with van der Waals surface area (Å²) in [5, 5.41) is 13.1. The third kappa shape index (κ3) is 2.67. The van der Waals surface area contributed by atoms with Gasteiger partial charge in [-0.1, -0.05) is 23.7 Å². The number of nitrogens with zero attached hydrogens (tertiary/aromatic N) is 1. The molecule has 2 aromatic carbocycles. The average Bonchev–Trinajstić information content (AvgIpc) is 2.99. The Morgan fingerprint density at radius 3 is 2.81 bits per heavy atom. The van der Waals surface area contributed by atoms with Crippen LogP contribution in [0.4, 0.5) is 6.01 Å². The van der Waals surface area contributed by atoms with E-state index in [2.05, 4.69) is 15.0 Å². The van der Waals surface area contributed by atoms with Gasteiger partial charge in [0.25, 0.3) is 15.9 Å². The second-order valence-corrected chi connectivity index (χ2v) is 7.50. The first-order valence-corrected chi connectivity index (χ1v) is 9.14. The summed E-state index contributed by atoms with van der Waals surface area (Å²) in [6.45, 7) is 0. The standard InChI is InChI=1S/C16H10ClN3O5S/c17-8-5-6-11-10(7-8)18-16(25-11)19-15(22)13-14(21)9-3-1-2-4-12(9)26(23,24)20-13/h1-7,20-21H,(H,18,19,22). The van der Waals surface area contributed by atoms with Crippen LogP contribution in [0.25, 0.3) is 16.9 Å². The molecule has 4 rings (SSSR count). The molecule has 1 aromatic heterocycles. The molecule has 8 nitrogen and oxygen atoms in total. The topological polar surface area (TPSA) is 122 Å². The number of nitrogens with one attached hydrogen (secondary N) is 2. The number of carbonyl (C=O) groups excluding carboxylic acids is 1. The molecular formula is C16H10ClN3O5S. The van der Waals surface area contributed by atoms with Gasteiger partial charge in [-0.3, -0.25) is 14.8 Å². The van der Waals surface area contributed by atoms with Gasteiger partial charge < -0.3 is 9.52 Å². The molecule has 132 valence electrons. The van der Waals surface area contributed by atoms with E-state index in [0.29, 0.717) is 16.1 Å². The zero-order chi connectivity index (χ0) is 18.5. The number of aliphatic hydroxyl groups excluding tert-OH is 1. The quantitative estimate of drug-likeness (QED) is 0.617. The molecule has 3 N–H and O–H groups in total. The number of carbonyl (C=O) groups is 1. The highest BCUT2D eigenvalue weighted by Gasteiger charge is 2.32. The zero-order valence-electron chi connectivity index (χ0n) is 12.9. The highest BCUT2D eigenvalue weighted by atomic mass is 35.5. The van der Waals surface area contributed by atoms with Gasteiger partial charge in [-0.25, -0.2) is 8.42 Å². The third-order valence-electron chi connectivity index (χ3n) is 3.70. The molecule has 3 aromatic rings. The lowest BCUT2D eigenvalue weighted by molar-refractivity contribution is -0.113. The Kier molecular flexibility index (Phi) is 3.63. The van der Waals surface area contributed by atoms with Gasteiger partial charge in [-0.2, -0.15) is 4.98 Å². The summed E-state index contributed by atoms with van der Waals surface area (Å²) in [5.41, 5.74) is 0.308. The van der Waals surface area contributed by atoms with E-state index in [-0.39, 0.29) is 16.5 Å². The van der Waals surface area contributed by atoms with Crippen LogP contribution in [-0.4, -0.2) is 24.4 Å². The van der Waals surface area contributed by atoms with Crippen molar-refractivity contribution in [3.8, 4) is 0 Å². The zero-order valence-corrected chi connectivity index (χ0v) is 14.4. The van der Waals surface area contributed by atoms with Gasteiger partial charge in [0.2, 0.25) is 0 Å². The number of halogens is 1. The predicted octanol–water partition coefficient (Wildman–Crippen LogP) is 2.64.